The Morgan fingerprint density at radius 1 is 1.42 bits per heavy atom. The zero-order valence-electron chi connectivity index (χ0n) is 12.8. The quantitative estimate of drug-likeness (QED) is 0.494. The largest absolute Gasteiger partial charge is 0.497 e. The zero-order chi connectivity index (χ0) is 17.5. The van der Waals surface area contributed by atoms with Gasteiger partial charge in [-0.3, -0.25) is 4.79 Å². The van der Waals surface area contributed by atoms with Crippen molar-refractivity contribution in [3.05, 3.63) is 57.5 Å². The predicted octanol–water partition coefficient (Wildman–Crippen LogP) is 1.67. The van der Waals surface area contributed by atoms with Gasteiger partial charge >= 0.3 is 6.03 Å². The van der Waals surface area contributed by atoms with Crippen LogP contribution in [0.4, 0.5) is 10.5 Å². The number of hydrogen-bond acceptors (Lipinski definition) is 3. The van der Waals surface area contributed by atoms with Crippen LogP contribution in [0.2, 0.25) is 5.02 Å². The van der Waals surface area contributed by atoms with E-state index in [2.05, 4.69) is 20.6 Å². The number of aliphatic imine (C=N–C) groups is 1. The second-order valence-corrected chi connectivity index (χ2v) is 5.06. The Morgan fingerprint density at radius 3 is 2.88 bits per heavy atom. The maximum atomic E-state index is 11.7. The molecule has 0 atom stereocenters. The number of nitrogens with zero attached hydrogens (tertiary/aromatic N) is 1. The fourth-order valence-corrected chi connectivity index (χ4v) is 2.02. The Balaban J connectivity index is 1.96. The number of guanidine groups is 1. The normalized spacial score (nSPS) is 11.0. The standard InChI is InChI=1S/C15H16ClN5O3/c1-24-10-4-5-12(11(16)7-10)20-14(17)21-15(23)19-8-9-3-2-6-18-13(9)22/h2-7H,8H2,1H3,(H,18,22)(H4,17,19,20,21,23). The number of rotatable bonds is 4. The van der Waals surface area contributed by atoms with Crippen LogP contribution in [0.3, 0.4) is 0 Å². The molecule has 5 N–H and O–H groups in total. The summed E-state index contributed by atoms with van der Waals surface area (Å²) in [5, 5.41) is 5.55. The van der Waals surface area contributed by atoms with E-state index in [0.717, 1.165) is 0 Å². The number of carbonyl (C=O) groups is 1. The fourth-order valence-electron chi connectivity index (χ4n) is 1.81. The van der Waals surface area contributed by atoms with Gasteiger partial charge in [0.25, 0.3) is 5.56 Å². The average Bonchev–Trinajstić information content (AvgIpc) is 2.56. The lowest BCUT2D eigenvalue weighted by Crippen LogP contribution is -2.29. The number of methoxy groups -OCH3 is 1. The van der Waals surface area contributed by atoms with Crippen LogP contribution in [-0.4, -0.2) is 24.1 Å². The third-order valence-electron chi connectivity index (χ3n) is 2.99. The van der Waals surface area contributed by atoms with Crippen molar-refractivity contribution in [3.8, 4) is 5.75 Å². The number of hydrogen-bond donors (Lipinski definition) is 4. The number of anilines is 1. The van der Waals surface area contributed by atoms with E-state index in [1.54, 1.807) is 30.3 Å². The SMILES string of the molecule is COc1ccc(N/C(N)=N/C(=O)NCc2ccc[nH]c2=O)c(Cl)c1. The number of amides is 2. The van der Waals surface area contributed by atoms with Crippen molar-refractivity contribution < 1.29 is 9.53 Å². The maximum Gasteiger partial charge on any atom is 0.344 e. The van der Waals surface area contributed by atoms with Crippen LogP contribution in [0.1, 0.15) is 5.56 Å². The first kappa shape index (κ1) is 17.4. The van der Waals surface area contributed by atoms with Gasteiger partial charge in [-0.05, 0) is 18.2 Å². The number of urea groups is 1. The van der Waals surface area contributed by atoms with Gasteiger partial charge in [0, 0.05) is 17.8 Å². The summed E-state index contributed by atoms with van der Waals surface area (Å²) in [6.45, 7) is 0.0368. The van der Waals surface area contributed by atoms with Crippen molar-refractivity contribution in [2.24, 2.45) is 10.7 Å². The molecule has 2 rings (SSSR count). The van der Waals surface area contributed by atoms with Crippen LogP contribution in [0.5, 0.6) is 5.75 Å². The molecule has 8 nitrogen and oxygen atoms in total. The van der Waals surface area contributed by atoms with Gasteiger partial charge in [0.2, 0.25) is 5.96 Å². The van der Waals surface area contributed by atoms with Crippen LogP contribution < -0.4 is 26.7 Å². The zero-order valence-corrected chi connectivity index (χ0v) is 13.6. The summed E-state index contributed by atoms with van der Waals surface area (Å²) in [5.41, 5.74) is 6.27. The molecule has 2 amide bonds. The maximum absolute atomic E-state index is 11.7. The van der Waals surface area contributed by atoms with E-state index >= 15 is 0 Å². The molecule has 0 aliphatic carbocycles. The molecular weight excluding hydrogens is 334 g/mol. The number of ether oxygens (including phenoxy) is 1. The first-order chi connectivity index (χ1) is 11.5. The van der Waals surface area contributed by atoms with Crippen molar-refractivity contribution in [1.82, 2.24) is 10.3 Å². The smallest absolute Gasteiger partial charge is 0.344 e. The molecule has 0 fully saturated rings. The van der Waals surface area contributed by atoms with Gasteiger partial charge in [-0.2, -0.15) is 4.99 Å². The minimum absolute atomic E-state index is 0.0368. The molecule has 1 aromatic heterocycles. The first-order valence-corrected chi connectivity index (χ1v) is 7.26. The molecular formula is C15H16ClN5O3. The highest BCUT2D eigenvalue weighted by Crippen LogP contribution is 2.26. The number of pyridine rings is 1. The highest BCUT2D eigenvalue weighted by atomic mass is 35.5. The van der Waals surface area contributed by atoms with Crippen LogP contribution in [0.15, 0.2) is 46.3 Å². The van der Waals surface area contributed by atoms with Crippen LogP contribution in [-0.2, 0) is 6.54 Å². The number of aromatic amines is 1. The summed E-state index contributed by atoms with van der Waals surface area (Å²) < 4.78 is 5.04. The van der Waals surface area contributed by atoms with E-state index in [9.17, 15) is 9.59 Å². The fraction of sp³-hybridized carbons (Fsp3) is 0.133. The summed E-state index contributed by atoms with van der Waals surface area (Å²) >= 11 is 6.06. The van der Waals surface area contributed by atoms with Crippen LogP contribution in [0, 0.1) is 0 Å². The summed E-state index contributed by atoms with van der Waals surface area (Å²) in [7, 11) is 1.52. The molecule has 0 aliphatic heterocycles. The van der Waals surface area contributed by atoms with Gasteiger partial charge in [-0.15, -0.1) is 0 Å². The number of nitrogens with one attached hydrogen (secondary N) is 3. The van der Waals surface area contributed by atoms with E-state index in [0.29, 0.717) is 22.0 Å². The Morgan fingerprint density at radius 2 is 2.21 bits per heavy atom. The Bertz CT molecular complexity index is 819. The molecule has 24 heavy (non-hydrogen) atoms. The molecule has 0 saturated heterocycles. The van der Waals surface area contributed by atoms with E-state index in [4.69, 9.17) is 22.1 Å². The van der Waals surface area contributed by atoms with E-state index < -0.39 is 6.03 Å². The lowest BCUT2D eigenvalue weighted by atomic mass is 10.3. The van der Waals surface area contributed by atoms with Crippen molar-refractivity contribution in [3.63, 3.8) is 0 Å². The molecule has 126 valence electrons. The first-order valence-electron chi connectivity index (χ1n) is 6.88. The second kappa shape index (κ2) is 8.02. The molecule has 9 heteroatoms. The molecule has 0 radical (unpaired) electrons. The highest BCUT2D eigenvalue weighted by molar-refractivity contribution is 6.33. The van der Waals surface area contributed by atoms with Crippen molar-refractivity contribution in [2.45, 2.75) is 6.54 Å². The van der Waals surface area contributed by atoms with Gasteiger partial charge in [0.05, 0.1) is 24.4 Å². The third kappa shape index (κ3) is 4.75. The van der Waals surface area contributed by atoms with E-state index in [1.165, 1.54) is 13.3 Å². The van der Waals surface area contributed by atoms with Crippen LogP contribution >= 0.6 is 11.6 Å². The minimum Gasteiger partial charge on any atom is -0.497 e. The Kier molecular flexibility index (Phi) is 5.80. The van der Waals surface area contributed by atoms with Gasteiger partial charge in [0.1, 0.15) is 5.75 Å². The number of H-pyrrole nitrogens is 1. The predicted molar refractivity (Wildman–Crippen MR) is 92.5 cm³/mol. The molecule has 0 unspecified atom stereocenters. The van der Waals surface area contributed by atoms with Crippen molar-refractivity contribution >= 4 is 29.3 Å². The number of halogens is 1. The van der Waals surface area contributed by atoms with Gasteiger partial charge < -0.3 is 26.1 Å². The number of aromatic nitrogens is 1. The molecule has 0 aliphatic rings. The number of nitrogens with two attached hydrogens (primary N) is 1. The lowest BCUT2D eigenvalue weighted by molar-refractivity contribution is 0.249. The summed E-state index contributed by atoms with van der Waals surface area (Å²) in [6.07, 6.45) is 1.51. The van der Waals surface area contributed by atoms with E-state index in [-0.39, 0.29) is 18.1 Å². The monoisotopic (exact) mass is 349 g/mol. The minimum atomic E-state index is -0.687. The summed E-state index contributed by atoms with van der Waals surface area (Å²) in [4.78, 5) is 29.3. The second-order valence-electron chi connectivity index (χ2n) is 4.65. The highest BCUT2D eigenvalue weighted by Gasteiger charge is 2.06. The summed E-state index contributed by atoms with van der Waals surface area (Å²) in [6, 6.07) is 7.50. The number of carbonyl (C=O) groups excluding carboxylic acids is 1. The molecule has 1 aromatic carbocycles. The summed E-state index contributed by atoms with van der Waals surface area (Å²) in [5.74, 6) is 0.452. The lowest BCUT2D eigenvalue weighted by Gasteiger charge is -2.09. The molecule has 0 bridgehead atoms. The van der Waals surface area contributed by atoms with Crippen LogP contribution in [0.25, 0.3) is 0 Å². The molecule has 1 heterocycles. The van der Waals surface area contributed by atoms with Crippen molar-refractivity contribution in [2.75, 3.05) is 12.4 Å². The molecule has 0 spiro atoms. The van der Waals surface area contributed by atoms with Gasteiger partial charge in [-0.25, -0.2) is 4.79 Å². The number of benzene rings is 1. The topological polar surface area (TPSA) is 122 Å². The molecule has 2 aromatic rings. The Labute approximate surface area is 142 Å². The average molecular weight is 350 g/mol. The third-order valence-corrected chi connectivity index (χ3v) is 3.30. The van der Waals surface area contributed by atoms with Gasteiger partial charge in [0.15, 0.2) is 0 Å². The van der Waals surface area contributed by atoms with Gasteiger partial charge in [-0.1, -0.05) is 17.7 Å². The van der Waals surface area contributed by atoms with E-state index in [1.807, 2.05) is 0 Å². The van der Waals surface area contributed by atoms with Crippen molar-refractivity contribution in [1.29, 1.82) is 0 Å². The molecule has 0 saturated carbocycles. The Hall–Kier alpha value is -3.00.